The van der Waals surface area contributed by atoms with Gasteiger partial charge in [-0.2, -0.15) is 0 Å². The Bertz CT molecular complexity index is 1140. The molecular weight excluding hydrogens is 416 g/mol. The maximum atomic E-state index is 13.0. The molecule has 0 fully saturated rings. The van der Waals surface area contributed by atoms with Crippen LogP contribution in [0.5, 0.6) is 5.75 Å². The van der Waals surface area contributed by atoms with Gasteiger partial charge in [0.25, 0.3) is 11.8 Å². The Morgan fingerprint density at radius 3 is 2.19 bits per heavy atom. The van der Waals surface area contributed by atoms with E-state index in [-0.39, 0.29) is 21.3 Å². The summed E-state index contributed by atoms with van der Waals surface area (Å²) in [7, 11) is 2.76. The van der Waals surface area contributed by atoms with Crippen molar-refractivity contribution < 1.29 is 23.9 Å². The van der Waals surface area contributed by atoms with Crippen molar-refractivity contribution in [3.8, 4) is 5.75 Å². The molecule has 0 aliphatic carbocycles. The molecule has 31 heavy (non-hydrogen) atoms. The zero-order valence-electron chi connectivity index (χ0n) is 17.6. The minimum Gasteiger partial charge on any atom is -0.495 e. The first kappa shape index (κ1) is 22.0. The molecule has 0 unspecified atom stereocenters. The largest absolute Gasteiger partial charge is 0.495 e. The van der Waals surface area contributed by atoms with Crippen molar-refractivity contribution in [3.05, 3.63) is 75.7 Å². The van der Waals surface area contributed by atoms with Crippen LogP contribution in [0.1, 0.15) is 41.5 Å². The van der Waals surface area contributed by atoms with Crippen LogP contribution in [0.2, 0.25) is 0 Å². The summed E-state index contributed by atoms with van der Waals surface area (Å²) < 4.78 is 10.1. The van der Waals surface area contributed by atoms with E-state index in [0.29, 0.717) is 22.6 Å². The third kappa shape index (κ3) is 4.75. The Balaban J connectivity index is 1.94. The van der Waals surface area contributed by atoms with Crippen molar-refractivity contribution in [1.29, 1.82) is 0 Å². The van der Waals surface area contributed by atoms with Gasteiger partial charge in [-0.05, 0) is 43.7 Å². The van der Waals surface area contributed by atoms with E-state index >= 15 is 0 Å². The fourth-order valence-corrected chi connectivity index (χ4v) is 4.06. The Hall–Kier alpha value is -3.65. The average molecular weight is 439 g/mol. The van der Waals surface area contributed by atoms with E-state index in [9.17, 15) is 14.4 Å². The predicted octanol–water partition coefficient (Wildman–Crippen LogP) is 4.66. The number of thiophene rings is 1. The summed E-state index contributed by atoms with van der Waals surface area (Å²) in [4.78, 5) is 38.3. The molecule has 2 amide bonds. The lowest BCUT2D eigenvalue weighted by atomic mass is 10.1. The predicted molar refractivity (Wildman–Crippen MR) is 120 cm³/mol. The number of para-hydroxylation sites is 2. The number of anilines is 2. The van der Waals surface area contributed by atoms with Gasteiger partial charge in [-0.15, -0.1) is 11.3 Å². The van der Waals surface area contributed by atoms with E-state index in [0.717, 1.165) is 16.9 Å². The molecule has 0 aliphatic rings. The van der Waals surface area contributed by atoms with Gasteiger partial charge in [-0.3, -0.25) is 9.59 Å². The molecule has 0 saturated carbocycles. The second-order valence-electron chi connectivity index (χ2n) is 6.73. The molecule has 0 saturated heterocycles. The van der Waals surface area contributed by atoms with Crippen LogP contribution in [0, 0.1) is 13.8 Å². The molecule has 0 spiro atoms. The lowest BCUT2D eigenvalue weighted by Crippen LogP contribution is -2.14. The number of hydrogen-bond donors (Lipinski definition) is 2. The average Bonchev–Trinajstić information content (AvgIpc) is 3.09. The van der Waals surface area contributed by atoms with E-state index in [1.165, 1.54) is 14.2 Å². The lowest BCUT2D eigenvalue weighted by Gasteiger charge is -2.09. The molecular formula is C23H22N2O5S. The number of carbonyl (C=O) groups is 3. The molecule has 1 aromatic heterocycles. The van der Waals surface area contributed by atoms with Crippen molar-refractivity contribution in [2.24, 2.45) is 0 Å². The first-order valence-corrected chi connectivity index (χ1v) is 10.2. The molecule has 2 N–H and O–H groups in total. The number of amides is 2. The van der Waals surface area contributed by atoms with Crippen molar-refractivity contribution >= 4 is 39.8 Å². The van der Waals surface area contributed by atoms with Crippen LogP contribution in [-0.2, 0) is 4.74 Å². The van der Waals surface area contributed by atoms with Crippen LogP contribution in [0.25, 0.3) is 0 Å². The maximum absolute atomic E-state index is 13.0. The number of nitrogens with one attached hydrogen (secondary N) is 2. The number of methoxy groups -OCH3 is 2. The van der Waals surface area contributed by atoms with Crippen LogP contribution in [0.3, 0.4) is 0 Å². The molecule has 0 bridgehead atoms. The summed E-state index contributed by atoms with van der Waals surface area (Å²) in [6, 6.07) is 14.0. The van der Waals surface area contributed by atoms with E-state index in [4.69, 9.17) is 9.47 Å². The lowest BCUT2D eigenvalue weighted by molar-refractivity contribution is 0.0601. The highest BCUT2D eigenvalue weighted by atomic mass is 32.1. The summed E-state index contributed by atoms with van der Waals surface area (Å²) in [5.74, 6) is -0.938. The van der Waals surface area contributed by atoms with Crippen molar-refractivity contribution in [2.45, 2.75) is 13.8 Å². The second-order valence-corrected chi connectivity index (χ2v) is 7.75. The number of carbonyl (C=O) groups excluding carboxylic acids is 3. The van der Waals surface area contributed by atoms with Crippen LogP contribution in [0.15, 0.2) is 48.5 Å². The quantitative estimate of drug-likeness (QED) is 0.546. The number of benzene rings is 2. The topological polar surface area (TPSA) is 93.7 Å². The minimum atomic E-state index is -0.635. The molecule has 2 aromatic carbocycles. The zero-order valence-corrected chi connectivity index (χ0v) is 18.4. The molecule has 8 heteroatoms. The minimum absolute atomic E-state index is 0.151. The van der Waals surface area contributed by atoms with Gasteiger partial charge in [-0.1, -0.05) is 29.8 Å². The first-order chi connectivity index (χ1) is 14.8. The molecule has 0 aliphatic heterocycles. The van der Waals surface area contributed by atoms with E-state index in [1.807, 2.05) is 19.1 Å². The number of rotatable bonds is 6. The summed E-state index contributed by atoms with van der Waals surface area (Å²) in [5.41, 5.74) is 2.52. The first-order valence-electron chi connectivity index (χ1n) is 9.39. The van der Waals surface area contributed by atoms with Crippen LogP contribution >= 0.6 is 11.3 Å². The maximum Gasteiger partial charge on any atom is 0.341 e. The van der Waals surface area contributed by atoms with Crippen molar-refractivity contribution in [3.63, 3.8) is 0 Å². The highest BCUT2D eigenvalue weighted by molar-refractivity contribution is 7.19. The SMILES string of the molecule is COC(=O)c1c(NC(=O)c2ccc(C)cc2)sc(C(=O)Nc2ccccc2OC)c1C. The van der Waals surface area contributed by atoms with E-state index in [2.05, 4.69) is 10.6 Å². The Labute approximate surface area is 184 Å². The Kier molecular flexibility index (Phi) is 6.71. The summed E-state index contributed by atoms with van der Waals surface area (Å²) in [5, 5.41) is 5.78. The third-order valence-corrected chi connectivity index (χ3v) is 5.84. The van der Waals surface area contributed by atoms with Gasteiger partial charge in [0.15, 0.2) is 0 Å². The Morgan fingerprint density at radius 1 is 0.871 bits per heavy atom. The molecule has 3 aromatic rings. The summed E-state index contributed by atoms with van der Waals surface area (Å²) in [6.45, 7) is 3.56. The molecule has 0 radical (unpaired) electrons. The summed E-state index contributed by atoms with van der Waals surface area (Å²) in [6.07, 6.45) is 0. The second kappa shape index (κ2) is 9.44. The molecule has 0 atom stereocenters. The number of ether oxygens (including phenoxy) is 2. The highest BCUT2D eigenvalue weighted by Gasteiger charge is 2.27. The zero-order chi connectivity index (χ0) is 22.5. The number of hydrogen-bond acceptors (Lipinski definition) is 6. The van der Waals surface area contributed by atoms with Crippen LogP contribution < -0.4 is 15.4 Å². The molecule has 3 rings (SSSR count). The van der Waals surface area contributed by atoms with Gasteiger partial charge in [0.1, 0.15) is 10.8 Å². The third-order valence-electron chi connectivity index (χ3n) is 4.64. The molecule has 1 heterocycles. The van der Waals surface area contributed by atoms with Gasteiger partial charge in [0.2, 0.25) is 0 Å². The Morgan fingerprint density at radius 2 is 1.55 bits per heavy atom. The molecule has 160 valence electrons. The fraction of sp³-hybridized carbons (Fsp3) is 0.174. The van der Waals surface area contributed by atoms with Crippen LogP contribution in [-0.4, -0.2) is 32.0 Å². The molecule has 7 nitrogen and oxygen atoms in total. The van der Waals surface area contributed by atoms with Gasteiger partial charge in [0.05, 0.1) is 30.3 Å². The normalized spacial score (nSPS) is 10.3. The van der Waals surface area contributed by atoms with E-state index in [1.54, 1.807) is 43.3 Å². The number of aryl methyl sites for hydroxylation is 1. The van der Waals surface area contributed by atoms with Crippen molar-refractivity contribution in [2.75, 3.05) is 24.9 Å². The summed E-state index contributed by atoms with van der Waals surface area (Å²) >= 11 is 1.01. The van der Waals surface area contributed by atoms with Crippen LogP contribution in [0.4, 0.5) is 10.7 Å². The number of esters is 1. The van der Waals surface area contributed by atoms with Crippen molar-refractivity contribution in [1.82, 2.24) is 0 Å². The van der Waals surface area contributed by atoms with Gasteiger partial charge < -0.3 is 20.1 Å². The fourth-order valence-electron chi connectivity index (χ4n) is 2.97. The monoisotopic (exact) mass is 438 g/mol. The van der Waals surface area contributed by atoms with Gasteiger partial charge in [-0.25, -0.2) is 4.79 Å². The van der Waals surface area contributed by atoms with E-state index < -0.39 is 11.9 Å². The standard InChI is InChI=1S/C23H22N2O5S/c1-13-9-11-15(12-10-13)20(26)25-22-18(23(28)30-4)14(2)19(31-22)21(27)24-16-7-5-6-8-17(16)29-3/h5-12H,1-4H3,(H,24,27)(H,25,26). The highest BCUT2D eigenvalue weighted by Crippen LogP contribution is 2.35. The van der Waals surface area contributed by atoms with Gasteiger partial charge in [0, 0.05) is 5.56 Å². The smallest absolute Gasteiger partial charge is 0.341 e. The van der Waals surface area contributed by atoms with Gasteiger partial charge >= 0.3 is 5.97 Å².